The predicted octanol–water partition coefficient (Wildman–Crippen LogP) is 2.95. The number of ether oxygens (including phenoxy) is 1. The molecule has 0 amide bonds. The van der Waals surface area contributed by atoms with Gasteiger partial charge in [0, 0.05) is 5.56 Å². The van der Waals surface area contributed by atoms with Gasteiger partial charge in [0.05, 0.1) is 19.1 Å². The van der Waals surface area contributed by atoms with E-state index in [0.717, 1.165) is 5.75 Å². The lowest BCUT2D eigenvalue weighted by atomic mass is 10.1. The number of nitrogens with one attached hydrogen (secondary N) is 1. The quantitative estimate of drug-likeness (QED) is 0.815. The van der Waals surface area contributed by atoms with Gasteiger partial charge in [0.25, 0.3) is 0 Å². The van der Waals surface area contributed by atoms with Crippen molar-refractivity contribution in [3.8, 4) is 17.0 Å². The van der Waals surface area contributed by atoms with Crippen molar-refractivity contribution in [2.24, 2.45) is 0 Å². The highest BCUT2D eigenvalue weighted by atomic mass is 32.1. The van der Waals surface area contributed by atoms with E-state index in [1.165, 1.54) is 6.33 Å². The first-order valence-electron chi connectivity index (χ1n) is 4.60. The van der Waals surface area contributed by atoms with Gasteiger partial charge in [-0.05, 0) is 24.3 Å². The number of aromatic amines is 1. The van der Waals surface area contributed by atoms with Crippen molar-refractivity contribution in [1.29, 1.82) is 0 Å². The molecule has 16 heavy (non-hydrogen) atoms. The van der Waals surface area contributed by atoms with E-state index in [1.807, 2.05) is 0 Å². The Morgan fingerprint density at radius 3 is 2.62 bits per heavy atom. The highest BCUT2D eigenvalue weighted by molar-refractivity contribution is 7.71. The molecule has 0 spiro atoms. The third-order valence-electron chi connectivity index (χ3n) is 2.18. The molecule has 3 nitrogen and oxygen atoms in total. The number of halogens is 1. The number of hydrogen-bond donors (Lipinski definition) is 1. The minimum Gasteiger partial charge on any atom is -0.497 e. The van der Waals surface area contributed by atoms with E-state index in [9.17, 15) is 4.39 Å². The number of aromatic nitrogens is 2. The van der Waals surface area contributed by atoms with Crippen molar-refractivity contribution < 1.29 is 9.13 Å². The lowest BCUT2D eigenvalue weighted by Crippen LogP contribution is -1.92. The summed E-state index contributed by atoms with van der Waals surface area (Å²) < 4.78 is 18.6. The normalized spacial score (nSPS) is 10.1. The van der Waals surface area contributed by atoms with Gasteiger partial charge in [0.2, 0.25) is 0 Å². The van der Waals surface area contributed by atoms with E-state index in [0.29, 0.717) is 11.3 Å². The summed E-state index contributed by atoms with van der Waals surface area (Å²) >= 11 is 4.76. The fourth-order valence-electron chi connectivity index (χ4n) is 1.35. The summed E-state index contributed by atoms with van der Waals surface area (Å²) in [4.78, 5) is 6.40. The van der Waals surface area contributed by atoms with Crippen LogP contribution in [-0.4, -0.2) is 17.1 Å². The second-order valence-corrected chi connectivity index (χ2v) is 3.51. The Kier molecular flexibility index (Phi) is 2.96. The van der Waals surface area contributed by atoms with Crippen molar-refractivity contribution >= 4 is 12.2 Å². The van der Waals surface area contributed by atoms with E-state index in [1.54, 1.807) is 31.4 Å². The van der Waals surface area contributed by atoms with Gasteiger partial charge in [0.1, 0.15) is 5.75 Å². The van der Waals surface area contributed by atoms with E-state index in [-0.39, 0.29) is 4.64 Å². The molecule has 0 saturated heterocycles. The van der Waals surface area contributed by atoms with Gasteiger partial charge in [-0.25, -0.2) is 9.37 Å². The van der Waals surface area contributed by atoms with Crippen LogP contribution in [0.25, 0.3) is 11.3 Å². The average molecular weight is 236 g/mol. The molecule has 0 aliphatic rings. The topological polar surface area (TPSA) is 37.9 Å². The minimum atomic E-state index is -0.511. The summed E-state index contributed by atoms with van der Waals surface area (Å²) in [6, 6.07) is 7.02. The van der Waals surface area contributed by atoms with Gasteiger partial charge in [-0.3, -0.25) is 0 Å². The van der Waals surface area contributed by atoms with Crippen LogP contribution in [0.4, 0.5) is 4.39 Å². The monoisotopic (exact) mass is 236 g/mol. The van der Waals surface area contributed by atoms with Crippen LogP contribution in [0, 0.1) is 10.5 Å². The van der Waals surface area contributed by atoms with Gasteiger partial charge in [0.15, 0.2) is 10.5 Å². The molecule has 2 rings (SSSR count). The Morgan fingerprint density at radius 1 is 1.31 bits per heavy atom. The molecule has 0 unspecified atom stereocenters. The van der Waals surface area contributed by atoms with E-state index >= 15 is 0 Å². The standard InChI is InChI=1S/C11H9FN2OS/c1-15-8-4-2-7(3-5-8)10-9(12)11(16)14-6-13-10/h2-6H,1H3,(H,13,14,16). The molecule has 1 aromatic carbocycles. The van der Waals surface area contributed by atoms with Crippen molar-refractivity contribution in [2.45, 2.75) is 0 Å². The van der Waals surface area contributed by atoms with E-state index in [4.69, 9.17) is 17.0 Å². The van der Waals surface area contributed by atoms with Crippen LogP contribution in [0.1, 0.15) is 0 Å². The molecule has 0 radical (unpaired) electrons. The van der Waals surface area contributed by atoms with Crippen LogP contribution in [-0.2, 0) is 0 Å². The lowest BCUT2D eigenvalue weighted by Gasteiger charge is -2.04. The molecule has 1 aromatic heterocycles. The number of hydrogen-bond acceptors (Lipinski definition) is 3. The zero-order chi connectivity index (χ0) is 11.5. The SMILES string of the molecule is COc1ccc(-c2[nH]cnc(=S)c2F)cc1. The maximum Gasteiger partial charge on any atom is 0.183 e. The maximum absolute atomic E-state index is 13.6. The maximum atomic E-state index is 13.6. The van der Waals surface area contributed by atoms with Crippen LogP contribution in [0.3, 0.4) is 0 Å². The second-order valence-electron chi connectivity index (χ2n) is 3.13. The first-order valence-corrected chi connectivity index (χ1v) is 5.01. The van der Waals surface area contributed by atoms with E-state index in [2.05, 4.69) is 9.97 Å². The lowest BCUT2D eigenvalue weighted by molar-refractivity contribution is 0.415. The number of nitrogens with zero attached hydrogens (tertiary/aromatic N) is 1. The molecule has 82 valence electrons. The fraction of sp³-hybridized carbons (Fsp3) is 0.0909. The molecular formula is C11H9FN2OS. The van der Waals surface area contributed by atoms with Gasteiger partial charge in [-0.1, -0.05) is 12.2 Å². The third-order valence-corrected chi connectivity index (χ3v) is 2.46. The minimum absolute atomic E-state index is 0.0374. The van der Waals surface area contributed by atoms with E-state index < -0.39 is 5.82 Å². The van der Waals surface area contributed by atoms with Crippen molar-refractivity contribution in [3.63, 3.8) is 0 Å². The number of rotatable bonds is 2. The summed E-state index contributed by atoms with van der Waals surface area (Å²) in [6.45, 7) is 0. The Bertz CT molecular complexity index is 551. The largest absolute Gasteiger partial charge is 0.497 e. The van der Waals surface area contributed by atoms with Crippen LogP contribution >= 0.6 is 12.2 Å². The summed E-state index contributed by atoms with van der Waals surface area (Å²) in [5, 5.41) is 0. The zero-order valence-electron chi connectivity index (χ0n) is 8.53. The van der Waals surface area contributed by atoms with Crippen LogP contribution in [0.5, 0.6) is 5.75 Å². The zero-order valence-corrected chi connectivity index (χ0v) is 9.34. The third kappa shape index (κ3) is 1.94. The number of benzene rings is 1. The molecule has 0 fully saturated rings. The first-order chi connectivity index (χ1) is 7.72. The van der Waals surface area contributed by atoms with Crippen LogP contribution in [0.2, 0.25) is 0 Å². The molecule has 0 atom stereocenters. The van der Waals surface area contributed by atoms with Gasteiger partial charge in [-0.2, -0.15) is 0 Å². The fourth-order valence-corrected chi connectivity index (χ4v) is 1.50. The molecule has 1 heterocycles. The Hall–Kier alpha value is -1.75. The molecule has 0 bridgehead atoms. The van der Waals surface area contributed by atoms with Gasteiger partial charge < -0.3 is 9.72 Å². The molecule has 0 aliphatic heterocycles. The smallest absolute Gasteiger partial charge is 0.183 e. The summed E-state index contributed by atoms with van der Waals surface area (Å²) in [5.41, 5.74) is 1.04. The molecule has 0 aliphatic carbocycles. The van der Waals surface area contributed by atoms with Crippen molar-refractivity contribution in [2.75, 3.05) is 7.11 Å². The molecule has 5 heteroatoms. The van der Waals surface area contributed by atoms with Gasteiger partial charge in [-0.15, -0.1) is 0 Å². The molecule has 0 saturated carbocycles. The average Bonchev–Trinajstić information content (AvgIpc) is 2.33. The van der Waals surface area contributed by atoms with Crippen LogP contribution < -0.4 is 4.74 Å². The predicted molar refractivity (Wildman–Crippen MR) is 61.4 cm³/mol. The van der Waals surface area contributed by atoms with Crippen molar-refractivity contribution in [1.82, 2.24) is 9.97 Å². The number of H-pyrrole nitrogens is 1. The van der Waals surface area contributed by atoms with Gasteiger partial charge >= 0.3 is 0 Å². The summed E-state index contributed by atoms with van der Waals surface area (Å²) in [5.74, 6) is 0.208. The van der Waals surface area contributed by atoms with Crippen LogP contribution in [0.15, 0.2) is 30.6 Å². The first kappa shape index (κ1) is 10.8. The van der Waals surface area contributed by atoms with Crippen molar-refractivity contribution in [3.05, 3.63) is 41.1 Å². The molecular weight excluding hydrogens is 227 g/mol. The highest BCUT2D eigenvalue weighted by Gasteiger charge is 2.07. The summed E-state index contributed by atoms with van der Waals surface area (Å²) in [7, 11) is 1.58. The second kappa shape index (κ2) is 4.40. The molecule has 2 aromatic rings. The summed E-state index contributed by atoms with van der Waals surface area (Å²) in [6.07, 6.45) is 1.38. The highest BCUT2D eigenvalue weighted by Crippen LogP contribution is 2.22. The Morgan fingerprint density at radius 2 is 2.00 bits per heavy atom. The Balaban J connectivity index is 2.50. The molecule has 1 N–H and O–H groups in total. The Labute approximate surface area is 96.9 Å². The number of methoxy groups -OCH3 is 1.